The maximum Gasteiger partial charge on any atom is 0.339 e. The predicted octanol–water partition coefficient (Wildman–Crippen LogP) is 1.72. The van der Waals surface area contributed by atoms with Gasteiger partial charge >= 0.3 is 5.97 Å². The Morgan fingerprint density at radius 2 is 2.58 bits per heavy atom. The van der Waals surface area contributed by atoms with Gasteiger partial charge in [-0.05, 0) is 6.92 Å². The van der Waals surface area contributed by atoms with Crippen molar-refractivity contribution in [3.63, 3.8) is 0 Å². The van der Waals surface area contributed by atoms with Crippen molar-refractivity contribution >= 4 is 22.9 Å². The van der Waals surface area contributed by atoms with Crippen LogP contribution in [-0.2, 0) is 9.53 Å². The van der Waals surface area contributed by atoms with Crippen molar-refractivity contribution in [1.82, 2.24) is 4.98 Å². The number of rotatable bonds is 3. The Balaban J connectivity index is 2.66. The summed E-state index contributed by atoms with van der Waals surface area (Å²) in [5, 5.41) is 0. The van der Waals surface area contributed by atoms with Crippen LogP contribution in [0.4, 0.5) is 0 Å². The van der Waals surface area contributed by atoms with Crippen molar-refractivity contribution in [2.75, 3.05) is 6.61 Å². The maximum atomic E-state index is 11.1. The van der Waals surface area contributed by atoms with Crippen molar-refractivity contribution in [1.29, 1.82) is 0 Å². The summed E-state index contributed by atoms with van der Waals surface area (Å²) in [5.74, 6) is -0.373. The number of hydrogen-bond acceptors (Lipinski definition) is 4. The minimum atomic E-state index is -0.373. The Morgan fingerprint density at radius 3 is 3.08 bits per heavy atom. The number of thiazole rings is 1. The molecular formula is C8H9NO2S. The molecule has 1 heterocycles. The Kier molecular flexibility index (Phi) is 2.99. The number of ether oxygens (including phenoxy) is 1. The molecule has 3 nitrogen and oxygen atoms in total. The fourth-order valence-corrected chi connectivity index (χ4v) is 1.27. The Morgan fingerprint density at radius 1 is 1.83 bits per heavy atom. The zero-order valence-corrected chi connectivity index (χ0v) is 7.56. The van der Waals surface area contributed by atoms with Gasteiger partial charge in [0, 0.05) is 6.20 Å². The van der Waals surface area contributed by atoms with E-state index in [-0.39, 0.29) is 5.97 Å². The predicted molar refractivity (Wildman–Crippen MR) is 47.8 cm³/mol. The smallest absolute Gasteiger partial charge is 0.339 e. The van der Waals surface area contributed by atoms with Crippen LogP contribution in [-0.4, -0.2) is 17.6 Å². The number of aromatic nitrogens is 1. The van der Waals surface area contributed by atoms with Crippen molar-refractivity contribution in [3.05, 3.63) is 23.2 Å². The largest absolute Gasteiger partial charge is 0.462 e. The summed E-state index contributed by atoms with van der Waals surface area (Å²) in [6.07, 6.45) is 1.60. The van der Waals surface area contributed by atoms with Gasteiger partial charge in [-0.2, -0.15) is 0 Å². The van der Waals surface area contributed by atoms with Crippen LogP contribution in [0.3, 0.4) is 0 Å². The highest BCUT2D eigenvalue weighted by atomic mass is 32.1. The number of carbonyl (C=O) groups is 1. The van der Waals surface area contributed by atoms with E-state index in [1.54, 1.807) is 18.6 Å². The van der Waals surface area contributed by atoms with Crippen LogP contribution in [0.15, 0.2) is 18.3 Å². The molecule has 0 atom stereocenters. The first-order chi connectivity index (χ1) is 5.75. The molecule has 0 aliphatic heterocycles. The monoisotopic (exact) mass is 183 g/mol. The molecule has 1 aromatic heterocycles. The molecule has 0 unspecified atom stereocenters. The number of carbonyl (C=O) groups excluding carboxylic acids is 1. The van der Waals surface area contributed by atoms with E-state index in [4.69, 9.17) is 4.74 Å². The standard InChI is InChI=1S/C8H9NO2S/c1-3-11-8(10)6(2)7-4-9-5-12-7/h4-5H,2-3H2,1H3. The molecule has 0 saturated heterocycles. The van der Waals surface area contributed by atoms with Crippen molar-refractivity contribution in [2.45, 2.75) is 6.92 Å². The van der Waals surface area contributed by atoms with Gasteiger partial charge in [0.15, 0.2) is 0 Å². The van der Waals surface area contributed by atoms with Crippen LogP contribution in [0, 0.1) is 0 Å². The van der Waals surface area contributed by atoms with Gasteiger partial charge in [-0.1, -0.05) is 6.58 Å². The van der Waals surface area contributed by atoms with Crippen molar-refractivity contribution < 1.29 is 9.53 Å². The molecule has 4 heteroatoms. The van der Waals surface area contributed by atoms with E-state index in [0.717, 1.165) is 4.88 Å². The molecule has 0 radical (unpaired) electrons. The second kappa shape index (κ2) is 4.01. The molecule has 0 spiro atoms. The average molecular weight is 183 g/mol. The molecule has 0 aromatic carbocycles. The van der Waals surface area contributed by atoms with E-state index in [0.29, 0.717) is 12.2 Å². The molecule has 0 amide bonds. The maximum absolute atomic E-state index is 11.1. The lowest BCUT2D eigenvalue weighted by molar-refractivity contribution is -0.136. The summed E-state index contributed by atoms with van der Waals surface area (Å²) in [5.41, 5.74) is 2.03. The minimum Gasteiger partial charge on any atom is -0.462 e. The SMILES string of the molecule is C=C(C(=O)OCC)c1cncs1. The van der Waals surface area contributed by atoms with Crippen LogP contribution in [0.1, 0.15) is 11.8 Å². The second-order valence-corrected chi connectivity index (χ2v) is 2.95. The minimum absolute atomic E-state index is 0.372. The Bertz CT molecular complexity index is 279. The summed E-state index contributed by atoms with van der Waals surface area (Å²) in [6.45, 7) is 5.75. The van der Waals surface area contributed by atoms with Crippen LogP contribution in [0.2, 0.25) is 0 Å². The number of nitrogens with zero attached hydrogens (tertiary/aromatic N) is 1. The Labute approximate surface area is 74.7 Å². The molecule has 0 aliphatic carbocycles. The molecule has 0 aliphatic rings. The van der Waals surface area contributed by atoms with Gasteiger partial charge in [0.2, 0.25) is 0 Å². The summed E-state index contributed by atoms with van der Waals surface area (Å²) in [7, 11) is 0. The molecule has 0 bridgehead atoms. The topological polar surface area (TPSA) is 39.2 Å². The first-order valence-corrected chi connectivity index (χ1v) is 4.38. The average Bonchev–Trinajstić information content (AvgIpc) is 2.55. The van der Waals surface area contributed by atoms with Gasteiger partial charge in [-0.25, -0.2) is 4.79 Å². The van der Waals surface area contributed by atoms with Gasteiger partial charge in [-0.15, -0.1) is 11.3 Å². The van der Waals surface area contributed by atoms with Gasteiger partial charge in [0.25, 0.3) is 0 Å². The Hall–Kier alpha value is -1.16. The van der Waals surface area contributed by atoms with Gasteiger partial charge in [0.1, 0.15) is 0 Å². The first-order valence-electron chi connectivity index (χ1n) is 3.50. The van der Waals surface area contributed by atoms with E-state index in [9.17, 15) is 4.79 Å². The number of hydrogen-bond donors (Lipinski definition) is 0. The van der Waals surface area contributed by atoms with Gasteiger partial charge in [-0.3, -0.25) is 4.98 Å². The molecule has 1 rings (SSSR count). The summed E-state index contributed by atoms with van der Waals surface area (Å²) in [4.78, 5) is 15.7. The van der Waals surface area contributed by atoms with E-state index in [1.165, 1.54) is 11.3 Å². The molecule has 1 aromatic rings. The fraction of sp³-hybridized carbons (Fsp3) is 0.250. The van der Waals surface area contributed by atoms with E-state index in [2.05, 4.69) is 11.6 Å². The molecule has 0 N–H and O–H groups in total. The summed E-state index contributed by atoms with van der Waals surface area (Å²) >= 11 is 1.37. The lowest BCUT2D eigenvalue weighted by atomic mass is 10.3. The van der Waals surface area contributed by atoms with E-state index < -0.39 is 0 Å². The van der Waals surface area contributed by atoms with Crippen LogP contribution in [0.5, 0.6) is 0 Å². The van der Waals surface area contributed by atoms with Crippen molar-refractivity contribution in [2.24, 2.45) is 0 Å². The molecular weight excluding hydrogens is 174 g/mol. The third-order valence-electron chi connectivity index (χ3n) is 1.25. The highest BCUT2D eigenvalue weighted by molar-refractivity contribution is 7.11. The highest BCUT2D eigenvalue weighted by Crippen LogP contribution is 2.17. The van der Waals surface area contributed by atoms with Crippen LogP contribution >= 0.6 is 11.3 Å². The molecule has 0 saturated carbocycles. The lowest BCUT2D eigenvalue weighted by Crippen LogP contribution is -2.04. The van der Waals surface area contributed by atoms with Gasteiger partial charge < -0.3 is 4.74 Å². The highest BCUT2D eigenvalue weighted by Gasteiger charge is 2.10. The third-order valence-corrected chi connectivity index (χ3v) is 2.08. The molecule has 0 fully saturated rings. The zero-order valence-electron chi connectivity index (χ0n) is 6.74. The zero-order chi connectivity index (χ0) is 8.97. The molecule has 64 valence electrons. The first kappa shape index (κ1) is 8.93. The normalized spacial score (nSPS) is 9.42. The van der Waals surface area contributed by atoms with Crippen LogP contribution in [0.25, 0.3) is 5.57 Å². The van der Waals surface area contributed by atoms with E-state index >= 15 is 0 Å². The van der Waals surface area contributed by atoms with Gasteiger partial charge in [0.05, 0.1) is 22.6 Å². The van der Waals surface area contributed by atoms with Crippen LogP contribution < -0.4 is 0 Å². The van der Waals surface area contributed by atoms with E-state index in [1.807, 2.05) is 0 Å². The summed E-state index contributed by atoms with van der Waals surface area (Å²) in [6, 6.07) is 0. The van der Waals surface area contributed by atoms with Crippen molar-refractivity contribution in [3.8, 4) is 0 Å². The summed E-state index contributed by atoms with van der Waals surface area (Å²) < 4.78 is 4.77. The number of esters is 1. The quantitative estimate of drug-likeness (QED) is 0.529. The molecule has 12 heavy (non-hydrogen) atoms. The third kappa shape index (κ3) is 1.92. The second-order valence-electron chi connectivity index (χ2n) is 2.06. The lowest BCUT2D eigenvalue weighted by Gasteiger charge is -2.00. The fourth-order valence-electron chi connectivity index (χ4n) is 0.684.